The van der Waals surface area contributed by atoms with Gasteiger partial charge >= 0.3 is 0 Å². The van der Waals surface area contributed by atoms with Crippen molar-refractivity contribution in [2.24, 2.45) is 5.92 Å². The highest BCUT2D eigenvalue weighted by Gasteiger charge is 2.22. The Kier molecular flexibility index (Phi) is 2.10. The van der Waals surface area contributed by atoms with Crippen LogP contribution in [0.25, 0.3) is 0 Å². The maximum absolute atomic E-state index is 11.1. The summed E-state index contributed by atoms with van der Waals surface area (Å²) in [6.45, 7) is 1.91. The van der Waals surface area contributed by atoms with E-state index in [1.165, 1.54) is 0 Å². The summed E-state index contributed by atoms with van der Waals surface area (Å²) in [6.07, 6.45) is 3.70. The van der Waals surface area contributed by atoms with E-state index in [0.717, 1.165) is 25.5 Å². The van der Waals surface area contributed by atoms with Gasteiger partial charge in [0.25, 0.3) is 0 Å². The molecule has 2 heteroatoms. The van der Waals surface area contributed by atoms with Crippen LogP contribution in [-0.2, 0) is 4.79 Å². The first kappa shape index (κ1) is 7.32. The fraction of sp³-hybridized carbons (Fsp3) is 0.625. The van der Waals surface area contributed by atoms with Crippen LogP contribution in [0.5, 0.6) is 0 Å². The standard InChI is InChI=1S/C8H12O2/c1-6-3-2-4-7(5-9)8(6)10/h5-6,9H,2-4H2,1H3/b7-5-. The van der Waals surface area contributed by atoms with E-state index in [1.54, 1.807) is 0 Å². The molecule has 1 atom stereocenters. The summed E-state index contributed by atoms with van der Waals surface area (Å²) in [5.41, 5.74) is 0.596. The molecule has 0 aromatic heterocycles. The second-order valence-corrected chi connectivity index (χ2v) is 2.81. The quantitative estimate of drug-likeness (QED) is 0.411. The van der Waals surface area contributed by atoms with Crippen molar-refractivity contribution < 1.29 is 9.90 Å². The van der Waals surface area contributed by atoms with E-state index < -0.39 is 0 Å². The predicted octanol–water partition coefficient (Wildman–Crippen LogP) is 1.82. The first-order chi connectivity index (χ1) is 4.75. The third kappa shape index (κ3) is 1.20. The third-order valence-electron chi connectivity index (χ3n) is 2.00. The fourth-order valence-electron chi connectivity index (χ4n) is 1.30. The lowest BCUT2D eigenvalue weighted by Crippen LogP contribution is -2.18. The number of carbonyl (C=O) groups excluding carboxylic acids is 1. The smallest absolute Gasteiger partial charge is 0.164 e. The highest BCUT2D eigenvalue weighted by atomic mass is 16.2. The minimum Gasteiger partial charge on any atom is -0.515 e. The van der Waals surface area contributed by atoms with Crippen molar-refractivity contribution in [2.75, 3.05) is 0 Å². The normalized spacial score (nSPS) is 31.1. The maximum atomic E-state index is 11.1. The van der Waals surface area contributed by atoms with Crippen LogP contribution < -0.4 is 0 Å². The van der Waals surface area contributed by atoms with Gasteiger partial charge in [0, 0.05) is 11.5 Å². The van der Waals surface area contributed by atoms with Gasteiger partial charge in [-0.05, 0) is 19.3 Å². The number of rotatable bonds is 0. The Morgan fingerprint density at radius 3 is 2.90 bits per heavy atom. The lowest BCUT2D eigenvalue weighted by Gasteiger charge is -2.17. The number of Topliss-reactive ketones (excluding diaryl/α,β-unsaturated/α-hetero) is 1. The number of carbonyl (C=O) groups is 1. The fourth-order valence-corrected chi connectivity index (χ4v) is 1.30. The molecule has 56 valence electrons. The van der Waals surface area contributed by atoms with Crippen molar-refractivity contribution in [2.45, 2.75) is 26.2 Å². The molecule has 0 radical (unpaired) electrons. The second-order valence-electron chi connectivity index (χ2n) is 2.81. The van der Waals surface area contributed by atoms with Crippen molar-refractivity contribution in [1.29, 1.82) is 0 Å². The van der Waals surface area contributed by atoms with Crippen LogP contribution in [0.2, 0.25) is 0 Å². The Morgan fingerprint density at radius 1 is 1.70 bits per heavy atom. The molecule has 1 N–H and O–H groups in total. The zero-order valence-corrected chi connectivity index (χ0v) is 6.13. The molecule has 1 aliphatic rings. The average molecular weight is 140 g/mol. The van der Waals surface area contributed by atoms with Crippen LogP contribution >= 0.6 is 0 Å². The van der Waals surface area contributed by atoms with E-state index in [-0.39, 0.29) is 11.7 Å². The van der Waals surface area contributed by atoms with E-state index in [9.17, 15) is 4.79 Å². The van der Waals surface area contributed by atoms with Crippen LogP contribution in [0.3, 0.4) is 0 Å². The van der Waals surface area contributed by atoms with Crippen molar-refractivity contribution in [3.8, 4) is 0 Å². The van der Waals surface area contributed by atoms with Gasteiger partial charge in [0.1, 0.15) is 0 Å². The first-order valence-electron chi connectivity index (χ1n) is 3.63. The Labute approximate surface area is 60.6 Å². The summed E-state index contributed by atoms with van der Waals surface area (Å²) in [5, 5.41) is 8.60. The van der Waals surface area contributed by atoms with E-state index in [2.05, 4.69) is 0 Å². The van der Waals surface area contributed by atoms with Gasteiger partial charge in [-0.3, -0.25) is 4.79 Å². The molecule has 1 saturated carbocycles. The number of hydrogen-bond donors (Lipinski definition) is 1. The Morgan fingerprint density at radius 2 is 2.40 bits per heavy atom. The summed E-state index contributed by atoms with van der Waals surface area (Å²) in [5.74, 6) is 0.237. The second kappa shape index (κ2) is 2.86. The molecule has 1 aliphatic carbocycles. The molecule has 0 amide bonds. The predicted molar refractivity (Wildman–Crippen MR) is 38.7 cm³/mol. The number of ketones is 1. The summed E-state index contributed by atoms with van der Waals surface area (Å²) in [4.78, 5) is 11.1. The highest BCUT2D eigenvalue weighted by molar-refractivity contribution is 5.97. The molecule has 0 saturated heterocycles. The zero-order chi connectivity index (χ0) is 7.56. The monoisotopic (exact) mass is 140 g/mol. The van der Waals surface area contributed by atoms with Crippen molar-refractivity contribution in [3.63, 3.8) is 0 Å². The molecule has 0 bridgehead atoms. The molecular weight excluding hydrogens is 128 g/mol. The Bertz CT molecular complexity index is 170. The zero-order valence-electron chi connectivity index (χ0n) is 6.13. The summed E-state index contributed by atoms with van der Waals surface area (Å²) < 4.78 is 0. The molecule has 2 nitrogen and oxygen atoms in total. The van der Waals surface area contributed by atoms with Gasteiger partial charge in [-0.1, -0.05) is 6.92 Å². The Hall–Kier alpha value is -0.790. The van der Waals surface area contributed by atoms with Gasteiger partial charge in [0.05, 0.1) is 6.26 Å². The minimum absolute atomic E-state index is 0.118. The van der Waals surface area contributed by atoms with Crippen LogP contribution in [0.1, 0.15) is 26.2 Å². The third-order valence-corrected chi connectivity index (χ3v) is 2.00. The molecule has 1 unspecified atom stereocenters. The minimum atomic E-state index is 0.118. The molecule has 1 fully saturated rings. The van der Waals surface area contributed by atoms with Gasteiger partial charge in [-0.15, -0.1) is 0 Å². The van der Waals surface area contributed by atoms with Crippen LogP contribution in [0.4, 0.5) is 0 Å². The molecule has 1 rings (SSSR count). The SMILES string of the molecule is CC1CCC/C(=C/O)C1=O. The highest BCUT2D eigenvalue weighted by Crippen LogP contribution is 2.23. The van der Waals surface area contributed by atoms with E-state index in [1.807, 2.05) is 6.92 Å². The van der Waals surface area contributed by atoms with Crippen molar-refractivity contribution >= 4 is 5.78 Å². The average Bonchev–Trinajstić information content (AvgIpc) is 1.95. The lowest BCUT2D eigenvalue weighted by atomic mass is 9.86. The number of allylic oxidation sites excluding steroid dienone is 1. The largest absolute Gasteiger partial charge is 0.515 e. The molecule has 10 heavy (non-hydrogen) atoms. The number of aliphatic hydroxyl groups is 1. The lowest BCUT2D eigenvalue weighted by molar-refractivity contribution is -0.120. The van der Waals surface area contributed by atoms with Gasteiger partial charge in [-0.2, -0.15) is 0 Å². The van der Waals surface area contributed by atoms with Gasteiger partial charge < -0.3 is 5.11 Å². The summed E-state index contributed by atoms with van der Waals surface area (Å²) in [7, 11) is 0. The van der Waals surface area contributed by atoms with Gasteiger partial charge in [0.2, 0.25) is 0 Å². The summed E-state index contributed by atoms with van der Waals surface area (Å²) in [6, 6.07) is 0. The molecule has 0 heterocycles. The van der Waals surface area contributed by atoms with E-state index in [0.29, 0.717) is 5.57 Å². The number of hydrogen-bond acceptors (Lipinski definition) is 2. The summed E-state index contributed by atoms with van der Waals surface area (Å²) >= 11 is 0. The van der Waals surface area contributed by atoms with Crippen LogP contribution in [0, 0.1) is 5.92 Å². The van der Waals surface area contributed by atoms with E-state index in [4.69, 9.17) is 5.11 Å². The molecule has 0 spiro atoms. The number of aliphatic hydroxyl groups excluding tert-OH is 1. The molecular formula is C8H12O2. The van der Waals surface area contributed by atoms with Crippen molar-refractivity contribution in [1.82, 2.24) is 0 Å². The molecule has 0 aromatic rings. The Balaban J connectivity index is 2.69. The van der Waals surface area contributed by atoms with Crippen LogP contribution in [0.15, 0.2) is 11.8 Å². The molecule has 0 aliphatic heterocycles. The maximum Gasteiger partial charge on any atom is 0.164 e. The molecule has 0 aromatic carbocycles. The van der Waals surface area contributed by atoms with Crippen LogP contribution in [-0.4, -0.2) is 10.9 Å². The first-order valence-corrected chi connectivity index (χ1v) is 3.63. The topological polar surface area (TPSA) is 37.3 Å². The van der Waals surface area contributed by atoms with E-state index >= 15 is 0 Å². The van der Waals surface area contributed by atoms with Gasteiger partial charge in [0.15, 0.2) is 5.78 Å². The van der Waals surface area contributed by atoms with Crippen molar-refractivity contribution in [3.05, 3.63) is 11.8 Å². The van der Waals surface area contributed by atoms with Gasteiger partial charge in [-0.25, -0.2) is 0 Å².